The normalized spacial score (nSPS) is 9.71. The zero-order chi connectivity index (χ0) is 13.8. The van der Waals surface area contributed by atoms with Crippen LogP contribution in [-0.2, 0) is 0 Å². The van der Waals surface area contributed by atoms with Gasteiger partial charge in [-0.1, -0.05) is 26.5 Å². The summed E-state index contributed by atoms with van der Waals surface area (Å²) < 4.78 is 24.0. The molecule has 0 saturated heterocycles. The molecule has 0 saturated carbocycles. The molecule has 0 N–H and O–H groups in total. The van der Waals surface area contributed by atoms with Crippen LogP contribution in [0.4, 0.5) is 8.78 Å². The summed E-state index contributed by atoms with van der Waals surface area (Å²) in [4.78, 5) is 0.667. The van der Waals surface area contributed by atoms with E-state index in [0.717, 1.165) is 11.3 Å². The van der Waals surface area contributed by atoms with Crippen molar-refractivity contribution < 1.29 is 8.78 Å². The number of aryl methyl sites for hydroxylation is 1. The van der Waals surface area contributed by atoms with Gasteiger partial charge in [-0.25, -0.2) is 4.39 Å². The van der Waals surface area contributed by atoms with E-state index >= 15 is 0 Å². The minimum absolute atomic E-state index is 0.667. The lowest BCUT2D eigenvalue weighted by molar-refractivity contribution is 0.530. The van der Waals surface area contributed by atoms with Crippen molar-refractivity contribution in [3.63, 3.8) is 0 Å². The Morgan fingerprint density at radius 2 is 1.94 bits per heavy atom. The SMILES string of the molecule is C=C/C(C)=C\SC.CC.Cc1cc(F)c(F)s1. The molecule has 0 amide bonds. The minimum Gasteiger partial charge on any atom is -0.203 e. The molecule has 0 aliphatic carbocycles. The molecule has 0 fully saturated rings. The van der Waals surface area contributed by atoms with E-state index in [4.69, 9.17) is 0 Å². The molecule has 0 radical (unpaired) electrons. The Hall–Kier alpha value is -0.610. The van der Waals surface area contributed by atoms with Crippen LogP contribution >= 0.6 is 23.1 Å². The van der Waals surface area contributed by atoms with Gasteiger partial charge in [-0.15, -0.1) is 23.1 Å². The average Bonchev–Trinajstić information content (AvgIpc) is 2.60. The first kappa shape index (κ1) is 18.7. The Balaban J connectivity index is 0. The van der Waals surface area contributed by atoms with Crippen LogP contribution in [0.5, 0.6) is 0 Å². The molecular formula is C13H20F2S2. The summed E-state index contributed by atoms with van der Waals surface area (Å²) in [5.74, 6) is -0.743. The molecule has 0 nitrogen and oxygen atoms in total. The molecule has 17 heavy (non-hydrogen) atoms. The van der Waals surface area contributed by atoms with Crippen molar-refractivity contribution in [3.05, 3.63) is 45.5 Å². The van der Waals surface area contributed by atoms with Crippen molar-refractivity contribution in [2.24, 2.45) is 0 Å². The van der Waals surface area contributed by atoms with Gasteiger partial charge >= 0.3 is 0 Å². The van der Waals surface area contributed by atoms with E-state index < -0.39 is 10.9 Å². The smallest absolute Gasteiger partial charge is 0.203 e. The van der Waals surface area contributed by atoms with Crippen LogP contribution in [-0.4, -0.2) is 6.26 Å². The van der Waals surface area contributed by atoms with E-state index in [1.807, 2.05) is 33.1 Å². The van der Waals surface area contributed by atoms with E-state index in [9.17, 15) is 8.78 Å². The molecule has 0 aromatic carbocycles. The quantitative estimate of drug-likeness (QED) is 0.616. The van der Waals surface area contributed by atoms with E-state index in [1.165, 1.54) is 11.6 Å². The van der Waals surface area contributed by atoms with Crippen LogP contribution < -0.4 is 0 Å². The van der Waals surface area contributed by atoms with Crippen molar-refractivity contribution in [2.75, 3.05) is 6.26 Å². The van der Waals surface area contributed by atoms with Gasteiger partial charge < -0.3 is 0 Å². The molecule has 0 spiro atoms. The summed E-state index contributed by atoms with van der Waals surface area (Å²) >= 11 is 2.53. The second kappa shape index (κ2) is 11.9. The molecule has 1 aromatic heterocycles. The first-order chi connectivity index (χ1) is 8.01. The second-order valence-corrected chi connectivity index (χ2v) is 4.69. The molecule has 1 heterocycles. The van der Waals surface area contributed by atoms with Crippen LogP contribution in [0, 0.1) is 17.9 Å². The van der Waals surface area contributed by atoms with Crippen molar-refractivity contribution >= 4 is 23.1 Å². The van der Waals surface area contributed by atoms with Crippen molar-refractivity contribution in [3.8, 4) is 0 Å². The third kappa shape index (κ3) is 10.3. The second-order valence-electron chi connectivity index (χ2n) is 2.78. The summed E-state index contributed by atoms with van der Waals surface area (Å²) in [5, 5.41) is 1.34. The summed E-state index contributed by atoms with van der Waals surface area (Å²) in [5.41, 5.74) is 1.23. The van der Waals surface area contributed by atoms with Crippen LogP contribution in [0.15, 0.2) is 29.7 Å². The average molecular weight is 278 g/mol. The van der Waals surface area contributed by atoms with Gasteiger partial charge in [0, 0.05) is 4.88 Å². The van der Waals surface area contributed by atoms with Gasteiger partial charge in [0.15, 0.2) is 5.82 Å². The molecular weight excluding hydrogens is 258 g/mol. The zero-order valence-corrected chi connectivity index (χ0v) is 12.6. The van der Waals surface area contributed by atoms with Crippen molar-refractivity contribution in [1.29, 1.82) is 0 Å². The predicted molar refractivity (Wildman–Crippen MR) is 77.8 cm³/mol. The standard InChI is InChI=1S/C6H10S.C5H4F2S.C2H6/c1-4-6(2)5-7-3;1-3-2-4(6)5(7)8-3;1-2/h4-5H,1H2,2-3H3;2H,1H3;1-2H3/b6-5-;;. The molecule has 1 rings (SSSR count). The number of halogens is 2. The number of thiophene rings is 1. The predicted octanol–water partition coefficient (Wildman–Crippen LogP) is 5.80. The highest BCUT2D eigenvalue weighted by atomic mass is 32.2. The van der Waals surface area contributed by atoms with Gasteiger partial charge in [0.1, 0.15) is 0 Å². The van der Waals surface area contributed by atoms with E-state index in [1.54, 1.807) is 18.7 Å². The summed E-state index contributed by atoms with van der Waals surface area (Å²) in [6.07, 6.45) is 3.88. The maximum Gasteiger partial charge on any atom is 0.212 e. The van der Waals surface area contributed by atoms with E-state index in [0.29, 0.717) is 4.88 Å². The third-order valence-electron chi connectivity index (χ3n) is 1.39. The van der Waals surface area contributed by atoms with Gasteiger partial charge in [-0.3, -0.25) is 0 Å². The fourth-order valence-electron chi connectivity index (χ4n) is 0.689. The minimum atomic E-state index is -0.743. The lowest BCUT2D eigenvalue weighted by Crippen LogP contribution is -1.64. The van der Waals surface area contributed by atoms with Crippen molar-refractivity contribution in [2.45, 2.75) is 27.7 Å². The number of hydrogen-bond donors (Lipinski definition) is 0. The lowest BCUT2D eigenvalue weighted by Gasteiger charge is -1.83. The number of allylic oxidation sites excluding steroid dienone is 2. The zero-order valence-electron chi connectivity index (χ0n) is 11.0. The topological polar surface area (TPSA) is 0 Å². The largest absolute Gasteiger partial charge is 0.212 e. The van der Waals surface area contributed by atoms with Gasteiger partial charge in [0.05, 0.1) is 0 Å². The molecule has 0 unspecified atom stereocenters. The van der Waals surface area contributed by atoms with Crippen LogP contribution in [0.2, 0.25) is 0 Å². The molecule has 0 aliphatic heterocycles. The highest BCUT2D eigenvalue weighted by Crippen LogP contribution is 2.16. The van der Waals surface area contributed by atoms with Crippen LogP contribution in [0.3, 0.4) is 0 Å². The van der Waals surface area contributed by atoms with E-state index in [-0.39, 0.29) is 0 Å². The van der Waals surface area contributed by atoms with Crippen LogP contribution in [0.25, 0.3) is 0 Å². The molecule has 0 atom stereocenters. The van der Waals surface area contributed by atoms with Gasteiger partial charge in [0.2, 0.25) is 5.13 Å². The fraction of sp³-hybridized carbons (Fsp3) is 0.385. The molecule has 1 aromatic rings. The Bertz CT molecular complexity index is 322. The summed E-state index contributed by atoms with van der Waals surface area (Å²) in [7, 11) is 0. The highest BCUT2D eigenvalue weighted by Gasteiger charge is 2.02. The van der Waals surface area contributed by atoms with Gasteiger partial charge in [-0.2, -0.15) is 4.39 Å². The van der Waals surface area contributed by atoms with Crippen molar-refractivity contribution in [1.82, 2.24) is 0 Å². The van der Waals surface area contributed by atoms with Crippen LogP contribution in [0.1, 0.15) is 25.6 Å². The van der Waals surface area contributed by atoms with Gasteiger partial charge in [-0.05, 0) is 37.2 Å². The Morgan fingerprint density at radius 3 is 2.06 bits per heavy atom. The Morgan fingerprint density at radius 1 is 1.41 bits per heavy atom. The third-order valence-corrected chi connectivity index (χ3v) is 2.82. The lowest BCUT2D eigenvalue weighted by atomic mass is 10.4. The monoisotopic (exact) mass is 278 g/mol. The molecule has 0 bridgehead atoms. The number of thioether (sulfide) groups is 1. The fourth-order valence-corrected chi connectivity index (χ4v) is 1.76. The maximum absolute atomic E-state index is 12.0. The first-order valence-corrected chi connectivity index (χ1v) is 7.35. The summed E-state index contributed by atoms with van der Waals surface area (Å²) in [6, 6.07) is 1.18. The maximum atomic E-state index is 12.0. The molecule has 98 valence electrons. The molecule has 4 heteroatoms. The Kier molecular flexibility index (Phi) is 13.1. The van der Waals surface area contributed by atoms with E-state index in [2.05, 4.69) is 12.0 Å². The molecule has 0 aliphatic rings. The van der Waals surface area contributed by atoms with Gasteiger partial charge in [0.25, 0.3) is 0 Å². The Labute approximate surface area is 111 Å². The summed E-state index contributed by atoms with van der Waals surface area (Å²) in [6.45, 7) is 11.3. The number of hydrogen-bond acceptors (Lipinski definition) is 2. The highest BCUT2D eigenvalue weighted by molar-refractivity contribution is 8.01. The first-order valence-electron chi connectivity index (χ1n) is 5.24. The number of rotatable bonds is 2.